The molecule has 0 spiro atoms. The van der Waals surface area contributed by atoms with Crippen LogP contribution in [-0.4, -0.2) is 9.97 Å². The second-order valence-electron chi connectivity index (χ2n) is 5.45. The first-order valence-electron chi connectivity index (χ1n) is 7.20. The number of rotatable bonds is 8. The van der Waals surface area contributed by atoms with Crippen LogP contribution in [0.5, 0.6) is 0 Å². The topological polar surface area (TPSA) is 51.8 Å². The summed E-state index contributed by atoms with van der Waals surface area (Å²) in [7, 11) is 0. The normalized spacial score (nSPS) is 14.4. The first-order chi connectivity index (χ1) is 8.62. The highest BCUT2D eigenvalue weighted by Crippen LogP contribution is 2.34. The van der Waals surface area contributed by atoms with Crippen molar-refractivity contribution in [3.05, 3.63) is 18.0 Å². The summed E-state index contributed by atoms with van der Waals surface area (Å²) < 4.78 is 0. The van der Waals surface area contributed by atoms with Crippen LogP contribution in [-0.2, 0) is 5.41 Å². The minimum absolute atomic E-state index is 0.207. The largest absolute Gasteiger partial charge is 0.368 e. The number of anilines is 1. The minimum Gasteiger partial charge on any atom is -0.368 e. The first-order valence-corrected chi connectivity index (χ1v) is 7.20. The van der Waals surface area contributed by atoms with Crippen molar-refractivity contribution in [2.75, 3.05) is 5.73 Å². The SMILES string of the molecule is CCCCCC(C)(CCCC)c1cnc(N)nc1. The van der Waals surface area contributed by atoms with Crippen LogP contribution in [0.3, 0.4) is 0 Å². The molecule has 18 heavy (non-hydrogen) atoms. The molecule has 0 amide bonds. The van der Waals surface area contributed by atoms with E-state index in [-0.39, 0.29) is 5.41 Å². The van der Waals surface area contributed by atoms with Gasteiger partial charge in [-0.3, -0.25) is 0 Å². The van der Waals surface area contributed by atoms with Gasteiger partial charge in [-0.1, -0.05) is 52.9 Å². The highest BCUT2D eigenvalue weighted by atomic mass is 15.0. The summed E-state index contributed by atoms with van der Waals surface area (Å²) >= 11 is 0. The fourth-order valence-electron chi connectivity index (χ4n) is 2.40. The van der Waals surface area contributed by atoms with E-state index in [1.54, 1.807) is 0 Å². The Hall–Kier alpha value is -1.12. The van der Waals surface area contributed by atoms with Gasteiger partial charge in [-0.2, -0.15) is 0 Å². The molecule has 3 heteroatoms. The number of nitrogens with zero attached hydrogens (tertiary/aromatic N) is 2. The average Bonchev–Trinajstić information content (AvgIpc) is 2.37. The Kier molecular flexibility index (Phi) is 6.10. The van der Waals surface area contributed by atoms with Gasteiger partial charge in [0.25, 0.3) is 0 Å². The van der Waals surface area contributed by atoms with Crippen molar-refractivity contribution in [2.45, 2.75) is 71.1 Å². The van der Waals surface area contributed by atoms with E-state index in [2.05, 4.69) is 30.7 Å². The quantitative estimate of drug-likeness (QED) is 0.706. The lowest BCUT2D eigenvalue weighted by molar-refractivity contribution is 0.369. The molecule has 0 aromatic carbocycles. The summed E-state index contributed by atoms with van der Waals surface area (Å²) in [5.74, 6) is 0.366. The van der Waals surface area contributed by atoms with Crippen LogP contribution < -0.4 is 5.73 Å². The van der Waals surface area contributed by atoms with Gasteiger partial charge in [0.2, 0.25) is 5.95 Å². The molecule has 1 aromatic rings. The van der Waals surface area contributed by atoms with Crippen LogP contribution in [0.1, 0.15) is 71.3 Å². The highest BCUT2D eigenvalue weighted by molar-refractivity contribution is 5.23. The number of nitrogen functional groups attached to an aromatic ring is 1. The molecule has 0 saturated carbocycles. The van der Waals surface area contributed by atoms with Gasteiger partial charge >= 0.3 is 0 Å². The molecule has 1 rings (SSSR count). The van der Waals surface area contributed by atoms with Gasteiger partial charge < -0.3 is 5.73 Å². The fraction of sp³-hybridized carbons (Fsp3) is 0.733. The maximum atomic E-state index is 5.57. The molecule has 3 nitrogen and oxygen atoms in total. The lowest BCUT2D eigenvalue weighted by Gasteiger charge is -2.29. The van der Waals surface area contributed by atoms with Crippen LogP contribution in [0.4, 0.5) is 5.95 Å². The summed E-state index contributed by atoms with van der Waals surface area (Å²) in [6, 6.07) is 0. The number of aromatic nitrogens is 2. The van der Waals surface area contributed by atoms with Crippen molar-refractivity contribution in [3.63, 3.8) is 0 Å². The van der Waals surface area contributed by atoms with E-state index in [4.69, 9.17) is 5.73 Å². The van der Waals surface area contributed by atoms with Crippen LogP contribution in [0.2, 0.25) is 0 Å². The molecule has 0 radical (unpaired) electrons. The smallest absolute Gasteiger partial charge is 0.219 e. The molecule has 0 bridgehead atoms. The molecule has 1 atom stereocenters. The zero-order chi connectivity index (χ0) is 13.4. The van der Waals surface area contributed by atoms with Crippen LogP contribution in [0.15, 0.2) is 12.4 Å². The van der Waals surface area contributed by atoms with Gasteiger partial charge in [-0.05, 0) is 23.8 Å². The summed E-state index contributed by atoms with van der Waals surface area (Å²) in [5.41, 5.74) is 7.01. The maximum absolute atomic E-state index is 5.57. The van der Waals surface area contributed by atoms with E-state index in [9.17, 15) is 0 Å². The molecular weight excluding hydrogens is 222 g/mol. The van der Waals surface area contributed by atoms with Crippen molar-refractivity contribution in [1.29, 1.82) is 0 Å². The van der Waals surface area contributed by atoms with Gasteiger partial charge in [0, 0.05) is 12.4 Å². The van der Waals surface area contributed by atoms with E-state index in [0.717, 1.165) is 0 Å². The zero-order valence-electron chi connectivity index (χ0n) is 12.1. The van der Waals surface area contributed by atoms with E-state index >= 15 is 0 Å². The molecule has 0 fully saturated rings. The second kappa shape index (κ2) is 7.34. The highest BCUT2D eigenvalue weighted by Gasteiger charge is 2.26. The van der Waals surface area contributed by atoms with E-state index in [1.807, 2.05) is 12.4 Å². The second-order valence-corrected chi connectivity index (χ2v) is 5.45. The fourth-order valence-corrected chi connectivity index (χ4v) is 2.40. The third kappa shape index (κ3) is 4.28. The molecular formula is C15H27N3. The van der Waals surface area contributed by atoms with E-state index in [0.29, 0.717) is 5.95 Å². The Labute approximate surface area is 111 Å². The van der Waals surface area contributed by atoms with Crippen molar-refractivity contribution >= 4 is 5.95 Å². The number of nitrogens with two attached hydrogens (primary N) is 1. The predicted molar refractivity (Wildman–Crippen MR) is 77.5 cm³/mol. The molecule has 0 aliphatic rings. The first kappa shape index (κ1) is 14.9. The summed E-state index contributed by atoms with van der Waals surface area (Å²) in [4.78, 5) is 8.30. The van der Waals surface area contributed by atoms with Crippen LogP contribution >= 0.6 is 0 Å². The Morgan fingerprint density at radius 2 is 1.56 bits per heavy atom. The molecule has 0 aliphatic heterocycles. The molecule has 0 aliphatic carbocycles. The van der Waals surface area contributed by atoms with Gasteiger partial charge in [-0.15, -0.1) is 0 Å². The molecule has 1 unspecified atom stereocenters. The Morgan fingerprint density at radius 1 is 1.00 bits per heavy atom. The summed E-state index contributed by atoms with van der Waals surface area (Å²) in [6.45, 7) is 6.83. The van der Waals surface area contributed by atoms with Crippen molar-refractivity contribution in [1.82, 2.24) is 9.97 Å². The van der Waals surface area contributed by atoms with Gasteiger partial charge in [-0.25, -0.2) is 9.97 Å². The lowest BCUT2D eigenvalue weighted by atomic mass is 9.75. The standard InChI is InChI=1S/C15H27N3/c1-4-6-8-10-15(3,9-7-5-2)13-11-17-14(16)18-12-13/h11-12H,4-10H2,1-3H3,(H2,16,17,18). The predicted octanol–water partition coefficient (Wildman–Crippen LogP) is 4.09. The molecule has 102 valence electrons. The summed E-state index contributed by atoms with van der Waals surface area (Å²) in [6.07, 6.45) is 12.6. The Balaban J connectivity index is 2.77. The monoisotopic (exact) mass is 249 g/mol. The molecule has 1 heterocycles. The van der Waals surface area contributed by atoms with Crippen LogP contribution in [0.25, 0.3) is 0 Å². The van der Waals surface area contributed by atoms with E-state index in [1.165, 1.54) is 50.5 Å². The molecule has 2 N–H and O–H groups in total. The van der Waals surface area contributed by atoms with E-state index < -0.39 is 0 Å². The van der Waals surface area contributed by atoms with Crippen molar-refractivity contribution < 1.29 is 0 Å². The van der Waals surface area contributed by atoms with Crippen LogP contribution in [0, 0.1) is 0 Å². The third-order valence-corrected chi connectivity index (χ3v) is 3.78. The number of hydrogen-bond donors (Lipinski definition) is 1. The lowest BCUT2D eigenvalue weighted by Crippen LogP contribution is -2.22. The zero-order valence-corrected chi connectivity index (χ0v) is 12.1. The Bertz CT molecular complexity index is 334. The Morgan fingerprint density at radius 3 is 2.11 bits per heavy atom. The third-order valence-electron chi connectivity index (χ3n) is 3.78. The minimum atomic E-state index is 0.207. The summed E-state index contributed by atoms with van der Waals surface area (Å²) in [5, 5.41) is 0. The molecule has 0 saturated heterocycles. The molecule has 1 aromatic heterocycles. The number of hydrogen-bond acceptors (Lipinski definition) is 3. The van der Waals surface area contributed by atoms with Crippen molar-refractivity contribution in [3.8, 4) is 0 Å². The van der Waals surface area contributed by atoms with Gasteiger partial charge in [0.05, 0.1) is 0 Å². The van der Waals surface area contributed by atoms with Gasteiger partial charge in [0.15, 0.2) is 0 Å². The van der Waals surface area contributed by atoms with Gasteiger partial charge in [0.1, 0.15) is 0 Å². The average molecular weight is 249 g/mol. The number of unbranched alkanes of at least 4 members (excludes halogenated alkanes) is 3. The van der Waals surface area contributed by atoms with Crippen molar-refractivity contribution in [2.24, 2.45) is 0 Å². The maximum Gasteiger partial charge on any atom is 0.219 e.